The molecular weight excluding hydrogens is 136 g/mol. The number of aliphatic hydroxyl groups is 1. The Balaban J connectivity index is 2.80. The van der Waals surface area contributed by atoms with Crippen LogP contribution in [0.2, 0.25) is 0 Å². The van der Waals surface area contributed by atoms with Crippen LogP contribution in [0.3, 0.4) is 0 Å². The lowest BCUT2D eigenvalue weighted by molar-refractivity contribution is 0.366. The van der Waals surface area contributed by atoms with Gasteiger partial charge in [-0.25, -0.2) is 0 Å². The zero-order valence-corrected chi connectivity index (χ0v) is 7.84. The van der Waals surface area contributed by atoms with Gasteiger partial charge in [0.25, 0.3) is 0 Å². The van der Waals surface area contributed by atoms with Gasteiger partial charge in [-0.05, 0) is 12.3 Å². The van der Waals surface area contributed by atoms with Crippen molar-refractivity contribution in [3.63, 3.8) is 0 Å². The van der Waals surface area contributed by atoms with Crippen LogP contribution in [0, 0.1) is 12.5 Å². The van der Waals surface area contributed by atoms with Crippen molar-refractivity contribution in [3.8, 4) is 0 Å². The largest absolute Gasteiger partial charge is 0.390 e. The Hall–Kier alpha value is -0.0400. The van der Waals surface area contributed by atoms with Crippen molar-refractivity contribution in [3.05, 3.63) is 6.61 Å². The van der Waals surface area contributed by atoms with Crippen LogP contribution >= 0.6 is 0 Å². The third kappa shape index (κ3) is 9.96. The molecule has 0 aliphatic carbocycles. The summed E-state index contributed by atoms with van der Waals surface area (Å²) in [5, 5.41) is 8.39. The second kappa shape index (κ2) is 8.06. The van der Waals surface area contributed by atoms with Gasteiger partial charge in [-0.1, -0.05) is 46.0 Å². The average molecular weight is 157 g/mol. The van der Waals surface area contributed by atoms with E-state index in [4.69, 9.17) is 5.11 Å². The molecule has 0 aromatic carbocycles. The highest BCUT2D eigenvalue weighted by molar-refractivity contribution is 4.50. The number of aliphatic hydroxyl groups excluding tert-OH is 1. The molecule has 11 heavy (non-hydrogen) atoms. The fraction of sp³-hybridized carbons (Fsp3) is 0.900. The maximum atomic E-state index is 8.39. The van der Waals surface area contributed by atoms with Gasteiger partial charge in [-0.3, -0.25) is 0 Å². The van der Waals surface area contributed by atoms with Crippen LogP contribution in [-0.4, -0.2) is 5.11 Å². The van der Waals surface area contributed by atoms with Gasteiger partial charge in [0.15, 0.2) is 0 Å². The van der Waals surface area contributed by atoms with Crippen molar-refractivity contribution in [2.75, 3.05) is 0 Å². The second-order valence-electron chi connectivity index (χ2n) is 3.57. The Morgan fingerprint density at radius 3 is 2.27 bits per heavy atom. The molecule has 1 heteroatoms. The Morgan fingerprint density at radius 1 is 1.09 bits per heavy atom. The summed E-state index contributed by atoms with van der Waals surface area (Å²) in [6.45, 7) is 5.80. The van der Waals surface area contributed by atoms with E-state index in [0.29, 0.717) is 0 Å². The Bertz CT molecular complexity index is 69.3. The monoisotopic (exact) mass is 157 g/mol. The van der Waals surface area contributed by atoms with Crippen molar-refractivity contribution < 1.29 is 5.11 Å². The lowest BCUT2D eigenvalue weighted by Gasteiger charge is -2.03. The first-order valence-corrected chi connectivity index (χ1v) is 4.73. The predicted molar refractivity (Wildman–Crippen MR) is 48.8 cm³/mol. The summed E-state index contributed by atoms with van der Waals surface area (Å²) in [7, 11) is 0. The first-order valence-electron chi connectivity index (χ1n) is 4.73. The number of rotatable bonds is 7. The Labute approximate surface area is 70.8 Å². The molecule has 67 valence electrons. The van der Waals surface area contributed by atoms with Crippen LogP contribution < -0.4 is 0 Å². The molecule has 0 spiro atoms. The van der Waals surface area contributed by atoms with Gasteiger partial charge in [-0.15, -0.1) is 0 Å². The molecule has 0 aromatic heterocycles. The molecule has 0 saturated heterocycles. The minimum Gasteiger partial charge on any atom is -0.390 e. The lowest BCUT2D eigenvalue weighted by atomic mass is 10.0. The van der Waals surface area contributed by atoms with Crippen molar-refractivity contribution in [1.82, 2.24) is 0 Å². The Kier molecular flexibility index (Phi) is 8.03. The summed E-state index contributed by atoms with van der Waals surface area (Å²) in [6.07, 6.45) is 7.30. The third-order valence-corrected chi connectivity index (χ3v) is 1.86. The molecule has 1 N–H and O–H groups in total. The van der Waals surface area contributed by atoms with E-state index in [1.807, 2.05) is 0 Å². The van der Waals surface area contributed by atoms with Crippen molar-refractivity contribution in [1.29, 1.82) is 0 Å². The third-order valence-electron chi connectivity index (χ3n) is 1.86. The fourth-order valence-electron chi connectivity index (χ4n) is 1.14. The van der Waals surface area contributed by atoms with E-state index in [0.717, 1.165) is 18.8 Å². The average Bonchev–Trinajstić information content (AvgIpc) is 1.96. The molecule has 0 fully saturated rings. The summed E-state index contributed by atoms with van der Waals surface area (Å²) in [4.78, 5) is 0. The van der Waals surface area contributed by atoms with Gasteiger partial charge < -0.3 is 5.11 Å². The molecular formula is C10H21O. The van der Waals surface area contributed by atoms with Gasteiger partial charge >= 0.3 is 0 Å². The molecule has 0 rings (SSSR count). The number of unbranched alkanes of at least 4 members (excludes halogenated alkanes) is 4. The number of hydrogen-bond donors (Lipinski definition) is 1. The summed E-state index contributed by atoms with van der Waals surface area (Å²) in [5.41, 5.74) is 0. The SMILES string of the molecule is CC(C)CCCCCC[CH]O. The quantitative estimate of drug-likeness (QED) is 0.561. The summed E-state index contributed by atoms with van der Waals surface area (Å²) in [6, 6.07) is 0. The summed E-state index contributed by atoms with van der Waals surface area (Å²) < 4.78 is 0. The van der Waals surface area contributed by atoms with Crippen LogP contribution in [0.4, 0.5) is 0 Å². The highest BCUT2D eigenvalue weighted by atomic mass is 16.2. The smallest absolute Gasteiger partial charge is 0.0799 e. The minimum atomic E-state index is 0.847. The van der Waals surface area contributed by atoms with Gasteiger partial charge in [0.2, 0.25) is 0 Å². The van der Waals surface area contributed by atoms with Gasteiger partial charge in [0, 0.05) is 0 Å². The molecule has 0 saturated carbocycles. The van der Waals surface area contributed by atoms with E-state index in [9.17, 15) is 0 Å². The minimum absolute atomic E-state index is 0.847. The molecule has 0 heterocycles. The molecule has 0 amide bonds. The molecule has 0 atom stereocenters. The summed E-state index contributed by atoms with van der Waals surface area (Å²) >= 11 is 0. The normalized spacial score (nSPS) is 10.9. The van der Waals surface area contributed by atoms with E-state index in [1.165, 1.54) is 32.3 Å². The molecule has 0 aromatic rings. The zero-order valence-electron chi connectivity index (χ0n) is 7.84. The zero-order chi connectivity index (χ0) is 8.53. The van der Waals surface area contributed by atoms with E-state index < -0.39 is 0 Å². The van der Waals surface area contributed by atoms with Crippen LogP contribution in [0.5, 0.6) is 0 Å². The lowest BCUT2D eigenvalue weighted by Crippen LogP contribution is -1.87. The van der Waals surface area contributed by atoms with Crippen molar-refractivity contribution in [2.45, 2.75) is 52.4 Å². The fourth-order valence-corrected chi connectivity index (χ4v) is 1.14. The predicted octanol–water partition coefficient (Wildman–Crippen LogP) is 3.52. The molecule has 1 radical (unpaired) electrons. The molecule has 0 bridgehead atoms. The van der Waals surface area contributed by atoms with E-state index in [2.05, 4.69) is 13.8 Å². The molecule has 0 unspecified atom stereocenters. The van der Waals surface area contributed by atoms with Crippen LogP contribution in [0.25, 0.3) is 0 Å². The first kappa shape index (κ1) is 11.0. The number of hydrogen-bond acceptors (Lipinski definition) is 1. The standard InChI is InChI=1S/C10H21O/c1-10(2)8-6-4-3-5-7-9-11/h9-11H,3-8H2,1-2H3. The molecule has 0 aliphatic rings. The maximum Gasteiger partial charge on any atom is 0.0799 e. The highest BCUT2D eigenvalue weighted by Gasteiger charge is 1.93. The van der Waals surface area contributed by atoms with Gasteiger partial charge in [-0.2, -0.15) is 0 Å². The van der Waals surface area contributed by atoms with Crippen molar-refractivity contribution in [2.24, 2.45) is 5.92 Å². The molecule has 0 aliphatic heterocycles. The van der Waals surface area contributed by atoms with Gasteiger partial charge in [0.05, 0.1) is 6.61 Å². The van der Waals surface area contributed by atoms with Gasteiger partial charge in [0.1, 0.15) is 0 Å². The van der Waals surface area contributed by atoms with Crippen molar-refractivity contribution >= 4 is 0 Å². The van der Waals surface area contributed by atoms with E-state index in [1.54, 1.807) is 0 Å². The van der Waals surface area contributed by atoms with Crippen LogP contribution in [0.1, 0.15) is 52.4 Å². The second-order valence-corrected chi connectivity index (χ2v) is 3.57. The maximum absolute atomic E-state index is 8.39. The van der Waals surface area contributed by atoms with Crippen LogP contribution in [0.15, 0.2) is 0 Å². The topological polar surface area (TPSA) is 20.2 Å². The van der Waals surface area contributed by atoms with Crippen LogP contribution in [-0.2, 0) is 0 Å². The Morgan fingerprint density at radius 2 is 1.73 bits per heavy atom. The molecule has 1 nitrogen and oxygen atoms in total. The summed E-state index contributed by atoms with van der Waals surface area (Å²) in [5.74, 6) is 0.847. The van der Waals surface area contributed by atoms with E-state index >= 15 is 0 Å². The first-order chi connectivity index (χ1) is 5.27. The van der Waals surface area contributed by atoms with E-state index in [-0.39, 0.29) is 0 Å². The highest BCUT2D eigenvalue weighted by Crippen LogP contribution is 2.10.